The first-order valence-corrected chi connectivity index (χ1v) is 16.1. The van der Waals surface area contributed by atoms with Crippen molar-refractivity contribution in [2.24, 2.45) is 23.2 Å². The quantitative estimate of drug-likeness (QED) is 0.182. The van der Waals surface area contributed by atoms with Crippen molar-refractivity contribution >= 4 is 43.2 Å². The van der Waals surface area contributed by atoms with E-state index in [1.807, 2.05) is 49.4 Å². The van der Waals surface area contributed by atoms with Gasteiger partial charge in [0.25, 0.3) is 5.91 Å². The van der Waals surface area contributed by atoms with E-state index in [-0.39, 0.29) is 36.4 Å². The number of carboxylic acid groups (broad SMARTS) is 1. The number of methoxy groups -OCH3 is 1. The Kier molecular flexibility index (Phi) is 8.62. The van der Waals surface area contributed by atoms with Gasteiger partial charge in [0, 0.05) is 12.4 Å². The van der Waals surface area contributed by atoms with Crippen molar-refractivity contribution in [1.82, 2.24) is 4.90 Å². The second-order valence-electron chi connectivity index (χ2n) is 12.9. The first-order chi connectivity index (χ1) is 21.6. The molecule has 3 aromatic carbocycles. The van der Waals surface area contributed by atoms with E-state index in [0.717, 1.165) is 28.1 Å². The van der Waals surface area contributed by atoms with Crippen molar-refractivity contribution in [3.8, 4) is 11.5 Å². The molecule has 3 aliphatic carbocycles. The Morgan fingerprint density at radius 2 is 1.71 bits per heavy atom. The molecule has 0 aliphatic heterocycles. The zero-order chi connectivity index (χ0) is 31.9. The number of ether oxygens (including phenoxy) is 3. The third kappa shape index (κ3) is 5.93. The van der Waals surface area contributed by atoms with Crippen molar-refractivity contribution in [2.75, 3.05) is 14.2 Å². The number of hydrogen-bond donors (Lipinski definition) is 1. The summed E-state index contributed by atoms with van der Waals surface area (Å²) in [5.41, 5.74) is 0.712. The van der Waals surface area contributed by atoms with Crippen LogP contribution in [0.3, 0.4) is 0 Å². The van der Waals surface area contributed by atoms with Crippen LogP contribution < -0.4 is 14.8 Å². The van der Waals surface area contributed by atoms with Crippen LogP contribution in [0.25, 0.3) is 10.8 Å². The van der Waals surface area contributed by atoms with Crippen LogP contribution in [0.15, 0.2) is 66.7 Å². The van der Waals surface area contributed by atoms with Gasteiger partial charge in [-0.2, -0.15) is 0 Å². The lowest BCUT2D eigenvalue weighted by atomic mass is 9.74. The number of aliphatic carboxylic acids is 1. The molecule has 2 bridgehead atoms. The number of esters is 1. The van der Waals surface area contributed by atoms with Gasteiger partial charge < -0.3 is 24.2 Å². The molecule has 3 aromatic rings. The van der Waals surface area contributed by atoms with Crippen LogP contribution in [0.2, 0.25) is 0 Å². The lowest BCUT2D eigenvalue weighted by Gasteiger charge is -2.36. The Bertz CT molecular complexity index is 1660. The molecule has 2 fully saturated rings. The van der Waals surface area contributed by atoms with Gasteiger partial charge in [0.2, 0.25) is 0 Å². The van der Waals surface area contributed by atoms with Gasteiger partial charge >= 0.3 is 11.9 Å². The van der Waals surface area contributed by atoms with Crippen molar-refractivity contribution in [2.45, 2.75) is 57.8 Å². The number of carbonyl (C=O) groups is 3. The maximum atomic E-state index is 13.8. The number of carboxylic acids is 1. The molecule has 0 heterocycles. The molecule has 0 saturated heterocycles. The minimum atomic E-state index is -0.880. The number of allylic oxidation sites excluding steroid dienone is 1. The molecule has 1 amide bonds. The summed E-state index contributed by atoms with van der Waals surface area (Å²) in [5, 5.41) is 12.9. The summed E-state index contributed by atoms with van der Waals surface area (Å²) in [6.07, 6.45) is 7.18. The zero-order valence-electron chi connectivity index (χ0n) is 25.9. The third-order valence-corrected chi connectivity index (χ3v) is 10.5. The van der Waals surface area contributed by atoms with E-state index in [2.05, 4.69) is 21.4 Å². The summed E-state index contributed by atoms with van der Waals surface area (Å²) in [5.74, 6) is -1.10. The van der Waals surface area contributed by atoms with Crippen LogP contribution in [-0.2, 0) is 20.9 Å². The molecule has 45 heavy (non-hydrogen) atoms. The van der Waals surface area contributed by atoms with Gasteiger partial charge in [-0.25, -0.2) is 0 Å². The summed E-state index contributed by atoms with van der Waals surface area (Å²) < 4.78 is 17.9. The van der Waals surface area contributed by atoms with Crippen LogP contribution in [0, 0.1) is 23.2 Å². The molecule has 8 nitrogen and oxygen atoms in total. The molecule has 6 rings (SSSR count). The first kappa shape index (κ1) is 31.1. The molecule has 236 valence electrons. The summed E-state index contributed by atoms with van der Waals surface area (Å²) in [4.78, 5) is 40.7. The fourth-order valence-corrected chi connectivity index (χ4v) is 7.76. The van der Waals surface area contributed by atoms with Crippen LogP contribution in [0.1, 0.15) is 54.9 Å². The molecular formula is C36H40NO7P. The minimum Gasteiger partial charge on any atom is -0.496 e. The molecule has 2 saturated carbocycles. The maximum absolute atomic E-state index is 13.8. The Labute approximate surface area is 265 Å². The molecule has 0 spiro atoms. The molecule has 9 heteroatoms. The zero-order valence-corrected chi connectivity index (χ0v) is 27.1. The number of benzene rings is 3. The molecule has 0 aromatic heterocycles. The lowest BCUT2D eigenvalue weighted by Crippen LogP contribution is -2.47. The van der Waals surface area contributed by atoms with Gasteiger partial charge in [-0.05, 0) is 79.3 Å². The highest BCUT2D eigenvalue weighted by molar-refractivity contribution is 7.27. The van der Waals surface area contributed by atoms with Gasteiger partial charge in [-0.1, -0.05) is 54.6 Å². The molecule has 0 radical (unpaired) electrons. The molecule has 5 atom stereocenters. The standard InChI is InChI=1S/C36H40NO7P/c1-36(35(41)43-20-24-9-6-8-21-7-4-5-10-26(21)24)15-13-25(14-16-36)44-29-18-27(28(42-3)19-30(29)45)33(38)37(2)32-23-12-11-22(17-23)31(32)34(39)40/h4-12,18-19,22-23,25,31-32H,13-17,20,45H2,1-3H3,(H,39,40)/t22-,23+,25?,31+,32-,36?/m1/s1. The highest BCUT2D eigenvalue weighted by Gasteiger charge is 2.51. The highest BCUT2D eigenvalue weighted by atomic mass is 31.0. The molecule has 1 unspecified atom stereocenters. The predicted octanol–water partition coefficient (Wildman–Crippen LogP) is 5.77. The Morgan fingerprint density at radius 1 is 1.00 bits per heavy atom. The number of amides is 1. The topological polar surface area (TPSA) is 102 Å². The Hall–Kier alpha value is -3.90. The summed E-state index contributed by atoms with van der Waals surface area (Å²) in [6.45, 7) is 2.19. The van der Waals surface area contributed by atoms with E-state index in [0.29, 0.717) is 42.7 Å². The summed E-state index contributed by atoms with van der Waals surface area (Å²) in [6, 6.07) is 17.1. The number of rotatable bonds is 9. The van der Waals surface area contributed by atoms with Crippen LogP contribution in [0.4, 0.5) is 0 Å². The Morgan fingerprint density at radius 3 is 2.44 bits per heavy atom. The number of carbonyl (C=O) groups excluding carboxylic acids is 2. The predicted molar refractivity (Wildman–Crippen MR) is 175 cm³/mol. The van der Waals surface area contributed by atoms with Gasteiger partial charge in [0.05, 0.1) is 36.2 Å². The van der Waals surface area contributed by atoms with Crippen molar-refractivity contribution < 1.29 is 33.7 Å². The second kappa shape index (κ2) is 12.5. The van der Waals surface area contributed by atoms with Crippen molar-refractivity contribution in [3.05, 3.63) is 77.9 Å². The van der Waals surface area contributed by atoms with Gasteiger partial charge in [-0.15, -0.1) is 9.24 Å². The van der Waals surface area contributed by atoms with E-state index >= 15 is 0 Å². The maximum Gasteiger partial charge on any atom is 0.312 e. The molecular weight excluding hydrogens is 589 g/mol. The smallest absolute Gasteiger partial charge is 0.312 e. The van der Waals surface area contributed by atoms with Gasteiger partial charge in [0.1, 0.15) is 18.1 Å². The van der Waals surface area contributed by atoms with Gasteiger partial charge in [0.15, 0.2) is 0 Å². The van der Waals surface area contributed by atoms with E-state index in [4.69, 9.17) is 14.2 Å². The molecule has 1 N–H and O–H groups in total. The summed E-state index contributed by atoms with van der Waals surface area (Å²) >= 11 is 0. The fourth-order valence-electron chi connectivity index (χ4n) is 7.46. The average molecular weight is 630 g/mol. The van der Waals surface area contributed by atoms with Crippen LogP contribution in [-0.4, -0.2) is 54.2 Å². The average Bonchev–Trinajstić information content (AvgIpc) is 3.67. The van der Waals surface area contributed by atoms with Crippen LogP contribution in [0.5, 0.6) is 11.5 Å². The van der Waals surface area contributed by atoms with Crippen molar-refractivity contribution in [1.29, 1.82) is 0 Å². The minimum absolute atomic E-state index is 0.0167. The van der Waals surface area contributed by atoms with E-state index < -0.39 is 23.3 Å². The van der Waals surface area contributed by atoms with E-state index in [9.17, 15) is 19.5 Å². The van der Waals surface area contributed by atoms with Crippen molar-refractivity contribution in [3.63, 3.8) is 0 Å². The Balaban J connectivity index is 1.11. The number of hydrogen-bond acceptors (Lipinski definition) is 6. The van der Waals surface area contributed by atoms with Crippen LogP contribution >= 0.6 is 9.24 Å². The monoisotopic (exact) mass is 629 g/mol. The highest BCUT2D eigenvalue weighted by Crippen LogP contribution is 2.46. The van der Waals surface area contributed by atoms with E-state index in [1.165, 1.54) is 7.11 Å². The van der Waals surface area contributed by atoms with Gasteiger partial charge in [-0.3, -0.25) is 14.4 Å². The number of fused-ring (bicyclic) bond motifs is 3. The lowest BCUT2D eigenvalue weighted by molar-refractivity contribution is -0.159. The number of nitrogens with zero attached hydrogens (tertiary/aromatic N) is 1. The largest absolute Gasteiger partial charge is 0.496 e. The SMILES string of the molecule is COc1cc(P)c(OC2CCC(C)(C(=O)OCc3cccc4ccccc34)CC2)cc1C(=O)N(C)[C@H]1[C@@H](C(=O)O)[C@@H]2C=C[C@H]1C2. The third-order valence-electron chi connectivity index (χ3n) is 10.1. The first-order valence-electron chi connectivity index (χ1n) is 15.6. The normalized spacial score (nSPS) is 26.9. The fraction of sp³-hybridized carbons (Fsp3) is 0.417. The second-order valence-corrected chi connectivity index (χ2v) is 13.5. The summed E-state index contributed by atoms with van der Waals surface area (Å²) in [7, 11) is 5.84. The molecule has 3 aliphatic rings. The van der Waals surface area contributed by atoms with E-state index in [1.54, 1.807) is 24.1 Å².